The summed E-state index contributed by atoms with van der Waals surface area (Å²) in [7, 11) is 0. The molecule has 1 unspecified atom stereocenters. The Morgan fingerprint density at radius 3 is 2.92 bits per heavy atom. The number of nitrogens with zero attached hydrogens (tertiary/aromatic N) is 1. The van der Waals surface area contributed by atoms with Crippen LogP contribution in [-0.4, -0.2) is 42.6 Å². The van der Waals surface area contributed by atoms with Gasteiger partial charge in [-0.25, -0.2) is 4.98 Å². The fourth-order valence-electron chi connectivity index (χ4n) is 2.46. The van der Waals surface area contributed by atoms with E-state index in [1.807, 2.05) is 18.2 Å². The predicted molar refractivity (Wildman–Crippen MR) is 101 cm³/mol. The third-order valence-electron chi connectivity index (χ3n) is 3.81. The lowest BCUT2D eigenvalue weighted by Crippen LogP contribution is -2.40. The molecule has 0 radical (unpaired) electrons. The monoisotopic (exact) mass is 394 g/mol. The van der Waals surface area contributed by atoms with Gasteiger partial charge in [-0.15, -0.1) is 11.3 Å². The van der Waals surface area contributed by atoms with E-state index in [2.05, 4.69) is 20.9 Å². The molecule has 2 heterocycles. The highest BCUT2D eigenvalue weighted by Gasteiger charge is 2.17. The Kier molecular flexibility index (Phi) is 6.43. The van der Waals surface area contributed by atoms with Crippen LogP contribution >= 0.6 is 22.9 Å². The van der Waals surface area contributed by atoms with Gasteiger partial charge in [-0.2, -0.15) is 0 Å². The third kappa shape index (κ3) is 5.17. The lowest BCUT2D eigenvalue weighted by molar-refractivity contribution is -0.120. The zero-order valence-corrected chi connectivity index (χ0v) is 15.5. The molecule has 9 heteroatoms. The summed E-state index contributed by atoms with van der Waals surface area (Å²) in [5, 5.41) is 11.1. The molecule has 0 saturated carbocycles. The van der Waals surface area contributed by atoms with Crippen molar-refractivity contribution in [1.82, 2.24) is 15.6 Å². The van der Waals surface area contributed by atoms with Gasteiger partial charge in [-0.05, 0) is 25.0 Å². The molecule has 1 aromatic carbocycles. The number of benzene rings is 1. The van der Waals surface area contributed by atoms with Crippen LogP contribution in [0.1, 0.15) is 23.3 Å². The molecule has 0 aliphatic carbocycles. The highest BCUT2D eigenvalue weighted by Crippen LogP contribution is 2.26. The molecule has 2 amide bonds. The van der Waals surface area contributed by atoms with Crippen LogP contribution < -0.4 is 16.0 Å². The van der Waals surface area contributed by atoms with Gasteiger partial charge in [0.15, 0.2) is 5.13 Å². The molecule has 0 spiro atoms. The summed E-state index contributed by atoms with van der Waals surface area (Å²) < 4.78 is 5.43. The number of thiazole rings is 1. The van der Waals surface area contributed by atoms with E-state index in [4.69, 9.17) is 16.3 Å². The van der Waals surface area contributed by atoms with E-state index in [1.165, 1.54) is 11.3 Å². The number of ether oxygens (including phenoxy) is 1. The Bertz CT molecular complexity index is 777. The molecule has 0 bridgehead atoms. The van der Waals surface area contributed by atoms with Crippen LogP contribution in [0.3, 0.4) is 0 Å². The molecule has 3 N–H and O–H groups in total. The SMILES string of the molecule is O=C(CNC(=O)c1csc(Nc2ccccc2Cl)n1)NCC1CCCO1. The van der Waals surface area contributed by atoms with Gasteiger partial charge in [-0.1, -0.05) is 23.7 Å². The lowest BCUT2D eigenvalue weighted by atomic mass is 10.2. The maximum absolute atomic E-state index is 12.1. The second-order valence-electron chi connectivity index (χ2n) is 5.76. The summed E-state index contributed by atoms with van der Waals surface area (Å²) in [4.78, 5) is 28.1. The highest BCUT2D eigenvalue weighted by atomic mass is 35.5. The van der Waals surface area contributed by atoms with E-state index in [-0.39, 0.29) is 24.2 Å². The topological polar surface area (TPSA) is 92.4 Å². The van der Waals surface area contributed by atoms with Crippen molar-refractivity contribution >= 4 is 45.6 Å². The first-order chi connectivity index (χ1) is 12.6. The second kappa shape index (κ2) is 8.98. The van der Waals surface area contributed by atoms with Crippen molar-refractivity contribution in [3.8, 4) is 0 Å². The van der Waals surface area contributed by atoms with Gasteiger partial charge in [0, 0.05) is 18.5 Å². The van der Waals surface area contributed by atoms with Gasteiger partial charge in [0.2, 0.25) is 5.91 Å². The Morgan fingerprint density at radius 2 is 2.15 bits per heavy atom. The van der Waals surface area contributed by atoms with Crippen molar-refractivity contribution in [3.05, 3.63) is 40.4 Å². The molecule has 138 valence electrons. The fraction of sp³-hybridized carbons (Fsp3) is 0.353. The number of amides is 2. The van der Waals surface area contributed by atoms with Crippen LogP contribution in [0.15, 0.2) is 29.6 Å². The average molecular weight is 395 g/mol. The predicted octanol–water partition coefficient (Wildman–Crippen LogP) is 2.57. The van der Waals surface area contributed by atoms with E-state index in [0.717, 1.165) is 19.4 Å². The van der Waals surface area contributed by atoms with E-state index >= 15 is 0 Å². The first-order valence-corrected chi connectivity index (χ1v) is 9.51. The van der Waals surface area contributed by atoms with Crippen LogP contribution in [-0.2, 0) is 9.53 Å². The molecule has 1 aromatic heterocycles. The zero-order valence-electron chi connectivity index (χ0n) is 14.0. The fourth-order valence-corrected chi connectivity index (χ4v) is 3.35. The Balaban J connectivity index is 1.45. The van der Waals surface area contributed by atoms with Gasteiger partial charge in [0.05, 0.1) is 23.4 Å². The van der Waals surface area contributed by atoms with Crippen molar-refractivity contribution in [2.45, 2.75) is 18.9 Å². The maximum Gasteiger partial charge on any atom is 0.271 e. The number of anilines is 2. The smallest absolute Gasteiger partial charge is 0.271 e. The average Bonchev–Trinajstić information content (AvgIpc) is 3.32. The van der Waals surface area contributed by atoms with E-state index < -0.39 is 5.91 Å². The number of carbonyl (C=O) groups is 2. The summed E-state index contributed by atoms with van der Waals surface area (Å²) in [5.41, 5.74) is 0.959. The van der Waals surface area contributed by atoms with Crippen molar-refractivity contribution in [1.29, 1.82) is 0 Å². The number of halogens is 1. The lowest BCUT2D eigenvalue weighted by Gasteiger charge is -2.10. The van der Waals surface area contributed by atoms with E-state index in [1.54, 1.807) is 11.4 Å². The summed E-state index contributed by atoms with van der Waals surface area (Å²) >= 11 is 7.37. The van der Waals surface area contributed by atoms with Crippen LogP contribution in [0.5, 0.6) is 0 Å². The number of nitrogens with one attached hydrogen (secondary N) is 3. The highest BCUT2D eigenvalue weighted by molar-refractivity contribution is 7.14. The number of aromatic nitrogens is 1. The molecule has 26 heavy (non-hydrogen) atoms. The van der Waals surface area contributed by atoms with Crippen LogP contribution in [0.4, 0.5) is 10.8 Å². The number of para-hydroxylation sites is 1. The van der Waals surface area contributed by atoms with Gasteiger partial charge in [0.1, 0.15) is 5.69 Å². The molecule has 2 aromatic rings. The van der Waals surface area contributed by atoms with Gasteiger partial charge in [0.25, 0.3) is 5.91 Å². The summed E-state index contributed by atoms with van der Waals surface area (Å²) in [6, 6.07) is 7.27. The first-order valence-electron chi connectivity index (χ1n) is 8.25. The molecule has 7 nitrogen and oxygen atoms in total. The zero-order chi connectivity index (χ0) is 18.4. The van der Waals surface area contributed by atoms with Crippen molar-refractivity contribution in [2.75, 3.05) is 25.0 Å². The Morgan fingerprint density at radius 1 is 1.31 bits per heavy atom. The van der Waals surface area contributed by atoms with Crippen LogP contribution in [0.2, 0.25) is 5.02 Å². The summed E-state index contributed by atoms with van der Waals surface area (Å²) in [5.74, 6) is -0.653. The van der Waals surface area contributed by atoms with Gasteiger partial charge >= 0.3 is 0 Å². The molecule has 3 rings (SSSR count). The van der Waals surface area contributed by atoms with Crippen molar-refractivity contribution in [3.63, 3.8) is 0 Å². The number of hydrogen-bond acceptors (Lipinski definition) is 6. The number of hydrogen-bond donors (Lipinski definition) is 3. The standard InChI is InChI=1S/C17H19ClN4O3S/c18-12-5-1-2-6-13(12)21-17-22-14(10-26-17)16(24)20-9-15(23)19-8-11-4-3-7-25-11/h1-2,5-6,10-11H,3-4,7-9H2,(H,19,23)(H,20,24)(H,21,22). The van der Waals surface area contributed by atoms with Gasteiger partial charge in [-0.3, -0.25) is 9.59 Å². The second-order valence-corrected chi connectivity index (χ2v) is 7.03. The van der Waals surface area contributed by atoms with Crippen molar-refractivity contribution < 1.29 is 14.3 Å². The van der Waals surface area contributed by atoms with E-state index in [0.29, 0.717) is 22.4 Å². The number of carbonyl (C=O) groups excluding carboxylic acids is 2. The molecule has 1 atom stereocenters. The van der Waals surface area contributed by atoms with Crippen LogP contribution in [0.25, 0.3) is 0 Å². The Hall–Kier alpha value is -2.16. The maximum atomic E-state index is 12.1. The molecule has 1 saturated heterocycles. The van der Waals surface area contributed by atoms with Crippen molar-refractivity contribution in [2.24, 2.45) is 0 Å². The first kappa shape index (κ1) is 18.6. The molecule has 1 fully saturated rings. The van der Waals surface area contributed by atoms with Crippen LogP contribution in [0, 0.1) is 0 Å². The van der Waals surface area contributed by atoms with Gasteiger partial charge < -0.3 is 20.7 Å². The minimum Gasteiger partial charge on any atom is -0.376 e. The normalized spacial score (nSPS) is 16.3. The molecule has 1 aliphatic rings. The summed E-state index contributed by atoms with van der Waals surface area (Å²) in [6.45, 7) is 1.11. The molecular weight excluding hydrogens is 376 g/mol. The molecule has 1 aliphatic heterocycles. The minimum atomic E-state index is -0.402. The summed E-state index contributed by atoms with van der Waals surface area (Å²) in [6.07, 6.45) is 2.05. The Labute approximate surface area is 160 Å². The third-order valence-corrected chi connectivity index (χ3v) is 4.90. The quantitative estimate of drug-likeness (QED) is 0.671. The van der Waals surface area contributed by atoms with E-state index in [9.17, 15) is 9.59 Å². The minimum absolute atomic E-state index is 0.0756. The number of rotatable bonds is 7. The molecular formula is C17H19ClN4O3S. The largest absolute Gasteiger partial charge is 0.376 e.